The van der Waals surface area contributed by atoms with Gasteiger partial charge in [0.1, 0.15) is 0 Å². The summed E-state index contributed by atoms with van der Waals surface area (Å²) in [7, 11) is 0. The minimum absolute atomic E-state index is 0.709. The number of imidazole rings is 1. The Hall–Kier alpha value is -2.43. The first-order valence-electron chi connectivity index (χ1n) is 5.76. The highest BCUT2D eigenvalue weighted by molar-refractivity contribution is 5.62. The lowest BCUT2D eigenvalue weighted by atomic mass is 10.3. The molecule has 3 rings (SSSR count). The van der Waals surface area contributed by atoms with Crippen LogP contribution in [0.2, 0.25) is 0 Å². The monoisotopic (exact) mass is 239 g/mol. The first-order valence-corrected chi connectivity index (χ1v) is 5.76. The Bertz CT molecular complexity index is 659. The zero-order chi connectivity index (χ0) is 12.4. The number of nitrogens with zero attached hydrogens (tertiary/aromatic N) is 4. The normalized spacial score (nSPS) is 10.7. The lowest BCUT2D eigenvalue weighted by molar-refractivity contribution is 1.04. The van der Waals surface area contributed by atoms with E-state index in [1.54, 1.807) is 18.6 Å². The first kappa shape index (κ1) is 10.7. The molecule has 3 heterocycles. The molecular formula is C13H13N5. The molecule has 5 heteroatoms. The number of hydrogen-bond acceptors (Lipinski definition) is 4. The minimum Gasteiger partial charge on any atom is -0.363 e. The van der Waals surface area contributed by atoms with E-state index in [9.17, 15) is 0 Å². The molecule has 0 unspecified atom stereocenters. The molecule has 0 aliphatic heterocycles. The number of fused-ring (bicyclic) bond motifs is 1. The third-order valence-corrected chi connectivity index (χ3v) is 2.82. The van der Waals surface area contributed by atoms with Crippen molar-refractivity contribution in [2.75, 3.05) is 5.32 Å². The highest BCUT2D eigenvalue weighted by Crippen LogP contribution is 2.14. The molecule has 0 saturated carbocycles. The van der Waals surface area contributed by atoms with Crippen molar-refractivity contribution >= 4 is 11.5 Å². The number of hydrogen-bond donors (Lipinski definition) is 1. The molecule has 0 atom stereocenters. The molecule has 0 saturated heterocycles. The predicted molar refractivity (Wildman–Crippen MR) is 69.3 cm³/mol. The maximum atomic E-state index is 4.36. The van der Waals surface area contributed by atoms with Crippen LogP contribution in [0.25, 0.3) is 5.65 Å². The molecule has 0 amide bonds. The second-order valence-corrected chi connectivity index (χ2v) is 4.08. The molecule has 0 aromatic carbocycles. The van der Waals surface area contributed by atoms with Crippen LogP contribution in [0.4, 0.5) is 5.82 Å². The van der Waals surface area contributed by atoms with Gasteiger partial charge in [-0.15, -0.1) is 0 Å². The van der Waals surface area contributed by atoms with Gasteiger partial charge >= 0.3 is 0 Å². The number of aromatic nitrogens is 4. The van der Waals surface area contributed by atoms with Gasteiger partial charge in [0.2, 0.25) is 0 Å². The fraction of sp³-hybridized carbons (Fsp3) is 0.154. The summed E-state index contributed by atoms with van der Waals surface area (Å²) in [5.74, 6) is 0.794. The average molecular weight is 239 g/mol. The summed E-state index contributed by atoms with van der Waals surface area (Å²) >= 11 is 0. The molecule has 0 aliphatic rings. The lowest BCUT2D eigenvalue weighted by Gasteiger charge is -2.06. The van der Waals surface area contributed by atoms with Crippen LogP contribution in [0, 0.1) is 6.92 Å². The number of pyridine rings is 1. The zero-order valence-electron chi connectivity index (χ0n) is 10.0. The highest BCUT2D eigenvalue weighted by atomic mass is 15.1. The minimum atomic E-state index is 0.709. The van der Waals surface area contributed by atoms with Crippen LogP contribution in [0.5, 0.6) is 0 Å². The van der Waals surface area contributed by atoms with Crippen molar-refractivity contribution in [2.24, 2.45) is 0 Å². The second kappa shape index (κ2) is 4.44. The van der Waals surface area contributed by atoms with E-state index >= 15 is 0 Å². The molecule has 5 nitrogen and oxygen atoms in total. The molecule has 90 valence electrons. The number of aryl methyl sites for hydroxylation is 1. The Balaban J connectivity index is 1.87. The Kier molecular flexibility index (Phi) is 2.64. The first-order chi connectivity index (χ1) is 8.84. The van der Waals surface area contributed by atoms with Crippen LogP contribution in [0.1, 0.15) is 11.3 Å². The van der Waals surface area contributed by atoms with Gasteiger partial charge in [-0.1, -0.05) is 0 Å². The third-order valence-electron chi connectivity index (χ3n) is 2.82. The Morgan fingerprint density at radius 3 is 2.83 bits per heavy atom. The Morgan fingerprint density at radius 2 is 2.00 bits per heavy atom. The van der Waals surface area contributed by atoms with E-state index in [0.29, 0.717) is 6.54 Å². The van der Waals surface area contributed by atoms with Gasteiger partial charge < -0.3 is 5.32 Å². The van der Waals surface area contributed by atoms with E-state index in [1.807, 2.05) is 35.9 Å². The van der Waals surface area contributed by atoms with Gasteiger partial charge in [-0.25, -0.2) is 9.97 Å². The molecule has 0 bridgehead atoms. The number of nitrogens with one attached hydrogen (secondary N) is 1. The van der Waals surface area contributed by atoms with Crippen LogP contribution in [0.3, 0.4) is 0 Å². The van der Waals surface area contributed by atoms with Crippen LogP contribution < -0.4 is 5.32 Å². The molecule has 18 heavy (non-hydrogen) atoms. The van der Waals surface area contributed by atoms with E-state index in [2.05, 4.69) is 20.3 Å². The second-order valence-electron chi connectivity index (χ2n) is 4.08. The number of rotatable bonds is 3. The van der Waals surface area contributed by atoms with Gasteiger partial charge in [-0.3, -0.25) is 9.38 Å². The van der Waals surface area contributed by atoms with Crippen LogP contribution >= 0.6 is 0 Å². The molecule has 0 spiro atoms. The molecule has 1 N–H and O–H groups in total. The smallest absolute Gasteiger partial charge is 0.180 e. The summed E-state index contributed by atoms with van der Waals surface area (Å²) in [6, 6.07) is 3.95. The van der Waals surface area contributed by atoms with E-state index in [1.165, 1.54) is 0 Å². The summed E-state index contributed by atoms with van der Waals surface area (Å²) in [4.78, 5) is 12.7. The van der Waals surface area contributed by atoms with E-state index in [4.69, 9.17) is 0 Å². The summed E-state index contributed by atoms with van der Waals surface area (Å²) in [6.45, 7) is 2.73. The molecule has 0 radical (unpaired) electrons. The van der Waals surface area contributed by atoms with E-state index in [0.717, 1.165) is 22.7 Å². The van der Waals surface area contributed by atoms with Crippen LogP contribution in [-0.4, -0.2) is 19.4 Å². The molecule has 0 fully saturated rings. The Morgan fingerprint density at radius 1 is 1.17 bits per heavy atom. The van der Waals surface area contributed by atoms with Crippen LogP contribution in [0.15, 0.2) is 43.1 Å². The largest absolute Gasteiger partial charge is 0.363 e. The van der Waals surface area contributed by atoms with E-state index < -0.39 is 0 Å². The zero-order valence-corrected chi connectivity index (χ0v) is 10.0. The maximum absolute atomic E-state index is 4.36. The van der Waals surface area contributed by atoms with Gasteiger partial charge in [0.05, 0.1) is 0 Å². The quantitative estimate of drug-likeness (QED) is 0.760. The summed E-state index contributed by atoms with van der Waals surface area (Å²) in [6.07, 6.45) is 9.09. The standard InChI is InChI=1S/C13H13N5/c1-10-8-17-13-12(15-6-7-18(10)13)16-9-11-2-4-14-5-3-11/h2-8H,9H2,1H3,(H,15,16). The van der Waals surface area contributed by atoms with Gasteiger partial charge in [0, 0.05) is 43.2 Å². The summed E-state index contributed by atoms with van der Waals surface area (Å²) in [5, 5.41) is 3.30. The topological polar surface area (TPSA) is 55.1 Å². The number of anilines is 1. The Labute approximate surface area is 105 Å². The van der Waals surface area contributed by atoms with Crippen LogP contribution in [-0.2, 0) is 6.54 Å². The van der Waals surface area contributed by atoms with Gasteiger partial charge in [0.15, 0.2) is 11.5 Å². The van der Waals surface area contributed by atoms with Crippen molar-refractivity contribution < 1.29 is 0 Å². The predicted octanol–water partition coefficient (Wildman–Crippen LogP) is 2.04. The SMILES string of the molecule is Cc1cnc2c(NCc3ccncc3)nccn12. The summed E-state index contributed by atoms with van der Waals surface area (Å²) < 4.78 is 2.02. The van der Waals surface area contributed by atoms with E-state index in [-0.39, 0.29) is 0 Å². The maximum Gasteiger partial charge on any atom is 0.180 e. The fourth-order valence-corrected chi connectivity index (χ4v) is 1.85. The molecule has 0 aliphatic carbocycles. The molecule has 3 aromatic heterocycles. The van der Waals surface area contributed by atoms with Gasteiger partial charge in [-0.2, -0.15) is 0 Å². The summed E-state index contributed by atoms with van der Waals surface area (Å²) in [5.41, 5.74) is 3.11. The van der Waals surface area contributed by atoms with Crippen molar-refractivity contribution in [3.63, 3.8) is 0 Å². The molecule has 3 aromatic rings. The van der Waals surface area contributed by atoms with Crippen molar-refractivity contribution in [1.29, 1.82) is 0 Å². The molecular weight excluding hydrogens is 226 g/mol. The lowest BCUT2D eigenvalue weighted by Crippen LogP contribution is -2.03. The van der Waals surface area contributed by atoms with Crippen molar-refractivity contribution in [3.8, 4) is 0 Å². The fourth-order valence-electron chi connectivity index (χ4n) is 1.85. The highest BCUT2D eigenvalue weighted by Gasteiger charge is 2.05. The third kappa shape index (κ3) is 1.90. The van der Waals surface area contributed by atoms with Crippen molar-refractivity contribution in [3.05, 3.63) is 54.4 Å². The van der Waals surface area contributed by atoms with Gasteiger partial charge in [-0.05, 0) is 24.6 Å². The van der Waals surface area contributed by atoms with Crippen molar-refractivity contribution in [2.45, 2.75) is 13.5 Å². The van der Waals surface area contributed by atoms with Crippen molar-refractivity contribution in [1.82, 2.24) is 19.4 Å². The van der Waals surface area contributed by atoms with Gasteiger partial charge in [0.25, 0.3) is 0 Å². The average Bonchev–Trinajstić information content (AvgIpc) is 2.80.